The van der Waals surface area contributed by atoms with Crippen molar-refractivity contribution < 1.29 is 0 Å². The molecule has 1 aromatic carbocycles. The Balaban J connectivity index is 2.43. The normalized spacial score (nSPS) is 10.7. The Morgan fingerprint density at radius 3 is 2.83 bits per heavy atom. The summed E-state index contributed by atoms with van der Waals surface area (Å²) >= 11 is 0. The van der Waals surface area contributed by atoms with Crippen molar-refractivity contribution in [2.75, 3.05) is 0 Å². The van der Waals surface area contributed by atoms with Gasteiger partial charge in [0.25, 0.3) is 0 Å². The Bertz CT molecular complexity index is 717. The van der Waals surface area contributed by atoms with Crippen LogP contribution in [-0.4, -0.2) is 25.6 Å². The van der Waals surface area contributed by atoms with Crippen molar-refractivity contribution in [3.8, 4) is 5.69 Å². The molecule has 0 aliphatic rings. The molecule has 3 N–H and O–H groups in total. The molecule has 3 aromatic rings. The first-order valence-electron chi connectivity index (χ1n) is 5.34. The molecule has 0 aliphatic heterocycles. The number of hydrogen-bond acceptors (Lipinski definition) is 4. The topological polar surface area (TPSA) is 93.5 Å². The van der Waals surface area contributed by atoms with E-state index in [1.165, 1.54) is 6.33 Å². The molecule has 0 amide bonds. The highest BCUT2D eigenvalue weighted by Crippen LogP contribution is 2.23. The minimum absolute atomic E-state index is 0.0428. The van der Waals surface area contributed by atoms with Crippen molar-refractivity contribution in [3.63, 3.8) is 0 Å². The first kappa shape index (κ1) is 10.4. The molecule has 0 bridgehead atoms. The maximum atomic E-state index is 7.63. The first-order valence-corrected chi connectivity index (χ1v) is 5.34. The van der Waals surface area contributed by atoms with E-state index in [9.17, 15) is 0 Å². The lowest BCUT2D eigenvalue weighted by atomic mass is 10.1. The average Bonchev–Trinajstić information content (AvgIpc) is 2.90. The minimum atomic E-state index is -0.0428. The van der Waals surface area contributed by atoms with Gasteiger partial charge in [-0.25, -0.2) is 9.67 Å². The van der Waals surface area contributed by atoms with Gasteiger partial charge in [0.1, 0.15) is 18.5 Å². The third-order valence-corrected chi connectivity index (χ3v) is 2.69. The van der Waals surface area contributed by atoms with Crippen molar-refractivity contribution in [2.45, 2.75) is 0 Å². The molecule has 18 heavy (non-hydrogen) atoms. The Labute approximate surface area is 103 Å². The van der Waals surface area contributed by atoms with E-state index in [0.717, 1.165) is 16.6 Å². The zero-order valence-corrected chi connectivity index (χ0v) is 9.41. The highest BCUT2D eigenvalue weighted by Gasteiger charge is 2.13. The van der Waals surface area contributed by atoms with Crippen molar-refractivity contribution >= 4 is 16.7 Å². The lowest BCUT2D eigenvalue weighted by Crippen LogP contribution is -2.16. The van der Waals surface area contributed by atoms with Gasteiger partial charge in [0.05, 0.1) is 16.8 Å². The van der Waals surface area contributed by atoms with Gasteiger partial charge in [-0.05, 0) is 6.07 Å². The van der Waals surface area contributed by atoms with Crippen molar-refractivity contribution in [2.24, 2.45) is 5.73 Å². The number of amidine groups is 1. The van der Waals surface area contributed by atoms with Crippen LogP contribution in [0.3, 0.4) is 0 Å². The van der Waals surface area contributed by atoms with E-state index in [1.54, 1.807) is 17.2 Å². The average molecular weight is 238 g/mol. The number of aromatic nitrogens is 4. The molecular weight excluding hydrogens is 228 g/mol. The minimum Gasteiger partial charge on any atom is -0.384 e. The molecule has 0 fully saturated rings. The number of nitrogens with one attached hydrogen (secondary N) is 1. The summed E-state index contributed by atoms with van der Waals surface area (Å²) in [5.41, 5.74) is 7.69. The monoisotopic (exact) mass is 238 g/mol. The van der Waals surface area contributed by atoms with Crippen LogP contribution in [0.25, 0.3) is 16.6 Å². The quantitative estimate of drug-likeness (QED) is 0.516. The smallest absolute Gasteiger partial charge is 0.138 e. The lowest BCUT2D eigenvalue weighted by molar-refractivity contribution is 0.882. The fourth-order valence-electron chi connectivity index (χ4n) is 1.89. The van der Waals surface area contributed by atoms with Gasteiger partial charge in [0.2, 0.25) is 0 Å². The molecule has 6 nitrogen and oxygen atoms in total. The Kier molecular flexibility index (Phi) is 2.26. The number of hydrogen-bond donors (Lipinski definition) is 2. The van der Waals surface area contributed by atoms with E-state index in [0.29, 0.717) is 5.56 Å². The SMILES string of the molecule is N=C(N)c1cnc2ccccc2c1-n1cncn1. The molecule has 0 saturated carbocycles. The molecule has 0 unspecified atom stereocenters. The molecule has 0 saturated heterocycles. The van der Waals surface area contributed by atoms with Crippen LogP contribution in [0.15, 0.2) is 43.1 Å². The standard InChI is InChI=1S/C12H10N6/c13-12(14)9-5-16-10-4-2-1-3-8(10)11(9)18-7-15-6-17-18/h1-7H,(H3,13,14). The third kappa shape index (κ3) is 1.51. The van der Waals surface area contributed by atoms with Crippen LogP contribution in [0.5, 0.6) is 0 Å². The molecule has 88 valence electrons. The largest absolute Gasteiger partial charge is 0.384 e. The van der Waals surface area contributed by atoms with Gasteiger partial charge >= 0.3 is 0 Å². The Hall–Kier alpha value is -2.76. The van der Waals surface area contributed by atoms with Crippen LogP contribution < -0.4 is 5.73 Å². The maximum absolute atomic E-state index is 7.63. The molecule has 2 aromatic heterocycles. The van der Waals surface area contributed by atoms with Crippen LogP contribution in [0, 0.1) is 5.41 Å². The zero-order valence-electron chi connectivity index (χ0n) is 9.41. The Morgan fingerprint density at radius 2 is 2.11 bits per heavy atom. The summed E-state index contributed by atoms with van der Waals surface area (Å²) in [7, 11) is 0. The van der Waals surface area contributed by atoms with Crippen LogP contribution in [-0.2, 0) is 0 Å². The van der Waals surface area contributed by atoms with Gasteiger partial charge < -0.3 is 5.73 Å². The number of rotatable bonds is 2. The van der Waals surface area contributed by atoms with Gasteiger partial charge in [-0.2, -0.15) is 5.10 Å². The summed E-state index contributed by atoms with van der Waals surface area (Å²) in [5.74, 6) is -0.0428. The van der Waals surface area contributed by atoms with E-state index in [2.05, 4.69) is 15.1 Å². The van der Waals surface area contributed by atoms with Gasteiger partial charge in [0.15, 0.2) is 0 Å². The highest BCUT2D eigenvalue weighted by atomic mass is 15.3. The molecular formula is C12H10N6. The first-order chi connectivity index (χ1) is 8.77. The number of pyridine rings is 1. The number of fused-ring (bicyclic) bond motifs is 1. The molecule has 0 atom stereocenters. The fourth-order valence-corrected chi connectivity index (χ4v) is 1.89. The number of nitrogens with zero attached hydrogens (tertiary/aromatic N) is 4. The summed E-state index contributed by atoms with van der Waals surface area (Å²) < 4.78 is 1.60. The number of nitrogens with two attached hydrogens (primary N) is 1. The fraction of sp³-hybridized carbons (Fsp3) is 0. The summed E-state index contributed by atoms with van der Waals surface area (Å²) in [6.45, 7) is 0. The van der Waals surface area contributed by atoms with Crippen molar-refractivity contribution in [3.05, 3.63) is 48.7 Å². The predicted molar refractivity (Wildman–Crippen MR) is 67.7 cm³/mol. The summed E-state index contributed by atoms with van der Waals surface area (Å²) in [4.78, 5) is 8.22. The van der Waals surface area contributed by atoms with Gasteiger partial charge in [0, 0.05) is 11.6 Å². The van der Waals surface area contributed by atoms with E-state index in [-0.39, 0.29) is 5.84 Å². The molecule has 2 heterocycles. The van der Waals surface area contributed by atoms with E-state index in [4.69, 9.17) is 11.1 Å². The van der Waals surface area contributed by atoms with Crippen LogP contribution in [0.1, 0.15) is 5.56 Å². The Morgan fingerprint density at radius 1 is 1.28 bits per heavy atom. The molecule has 0 aliphatic carbocycles. The number of para-hydroxylation sites is 1. The second-order valence-electron chi connectivity index (χ2n) is 3.79. The van der Waals surface area contributed by atoms with Gasteiger partial charge in [-0.1, -0.05) is 18.2 Å². The summed E-state index contributed by atoms with van der Waals surface area (Å²) in [6.07, 6.45) is 4.61. The van der Waals surface area contributed by atoms with Crippen LogP contribution >= 0.6 is 0 Å². The molecule has 3 rings (SSSR count). The van der Waals surface area contributed by atoms with Crippen LogP contribution in [0.4, 0.5) is 0 Å². The van der Waals surface area contributed by atoms with E-state index < -0.39 is 0 Å². The zero-order chi connectivity index (χ0) is 12.5. The second kappa shape index (κ2) is 3.92. The van der Waals surface area contributed by atoms with Gasteiger partial charge in [-0.3, -0.25) is 10.4 Å². The van der Waals surface area contributed by atoms with E-state index in [1.807, 2.05) is 24.3 Å². The molecule has 6 heteroatoms. The van der Waals surface area contributed by atoms with Crippen molar-refractivity contribution in [1.82, 2.24) is 19.7 Å². The maximum Gasteiger partial charge on any atom is 0.138 e. The molecule has 0 radical (unpaired) electrons. The summed E-state index contributed by atoms with van der Waals surface area (Å²) in [6, 6.07) is 7.65. The number of nitrogen functional groups attached to an aromatic ring is 1. The highest BCUT2D eigenvalue weighted by molar-refractivity contribution is 6.04. The van der Waals surface area contributed by atoms with Crippen molar-refractivity contribution in [1.29, 1.82) is 5.41 Å². The summed E-state index contributed by atoms with van der Waals surface area (Å²) in [5, 5.41) is 12.6. The van der Waals surface area contributed by atoms with E-state index >= 15 is 0 Å². The second-order valence-corrected chi connectivity index (χ2v) is 3.79. The lowest BCUT2D eigenvalue weighted by Gasteiger charge is -2.10. The predicted octanol–water partition coefficient (Wildman–Crippen LogP) is 1.10. The van der Waals surface area contributed by atoms with Crippen LogP contribution in [0.2, 0.25) is 0 Å². The third-order valence-electron chi connectivity index (χ3n) is 2.69. The van der Waals surface area contributed by atoms with Gasteiger partial charge in [-0.15, -0.1) is 0 Å². The number of benzene rings is 1. The molecule has 0 spiro atoms.